The largest absolute Gasteiger partial charge is 0.465 e. The van der Waals surface area contributed by atoms with Gasteiger partial charge in [-0.2, -0.15) is 11.8 Å². The van der Waals surface area contributed by atoms with Crippen LogP contribution in [0.1, 0.15) is 13.3 Å². The van der Waals surface area contributed by atoms with Crippen molar-refractivity contribution in [1.82, 2.24) is 0 Å². The highest BCUT2D eigenvalue weighted by molar-refractivity contribution is 7.99. The zero-order valence-corrected chi connectivity index (χ0v) is 8.60. The van der Waals surface area contributed by atoms with Crippen LogP contribution in [0.15, 0.2) is 0 Å². The Morgan fingerprint density at radius 2 is 2.46 bits per heavy atom. The second kappa shape index (κ2) is 7.96. The molecule has 0 saturated carbocycles. The number of hydrogen-bond donors (Lipinski definition) is 1. The smallest absolute Gasteiger partial charge is 0.323 e. The summed E-state index contributed by atoms with van der Waals surface area (Å²) in [6, 6.07) is -0.525. The second-order valence-electron chi connectivity index (χ2n) is 2.39. The molecule has 0 bridgehead atoms. The number of ether oxygens (including phenoxy) is 1. The maximum absolute atomic E-state index is 11.0. The quantitative estimate of drug-likeness (QED) is 0.389. The molecule has 74 valence electrons. The normalized spacial score (nSPS) is 11.8. The fraction of sp³-hybridized carbons (Fsp3) is 0.667. The number of carbonyl (C=O) groups is 1. The van der Waals surface area contributed by atoms with Gasteiger partial charge in [-0.3, -0.25) is 4.79 Å². The van der Waals surface area contributed by atoms with Crippen LogP contribution in [0.3, 0.4) is 0 Å². The summed E-state index contributed by atoms with van der Waals surface area (Å²) in [6.07, 6.45) is 5.78. The zero-order valence-electron chi connectivity index (χ0n) is 7.79. The molecule has 0 aromatic carbocycles. The molecule has 4 heteroatoms. The van der Waals surface area contributed by atoms with E-state index in [1.807, 2.05) is 0 Å². The SMILES string of the molecule is C#CCCSCC(N)C(=O)OCC. The van der Waals surface area contributed by atoms with Gasteiger partial charge in [0.25, 0.3) is 0 Å². The molecule has 0 aliphatic rings. The van der Waals surface area contributed by atoms with Crippen LogP contribution in [0.25, 0.3) is 0 Å². The molecule has 0 aliphatic heterocycles. The monoisotopic (exact) mass is 201 g/mol. The van der Waals surface area contributed by atoms with Crippen LogP contribution >= 0.6 is 11.8 Å². The van der Waals surface area contributed by atoms with E-state index in [0.29, 0.717) is 18.8 Å². The summed E-state index contributed by atoms with van der Waals surface area (Å²) in [4.78, 5) is 11.0. The van der Waals surface area contributed by atoms with Gasteiger partial charge in [-0.1, -0.05) is 0 Å². The fourth-order valence-corrected chi connectivity index (χ4v) is 1.48. The molecular weight excluding hydrogens is 186 g/mol. The van der Waals surface area contributed by atoms with Gasteiger partial charge in [-0.05, 0) is 6.92 Å². The topological polar surface area (TPSA) is 52.3 Å². The van der Waals surface area contributed by atoms with Crippen LogP contribution in [0, 0.1) is 12.3 Å². The Balaban J connectivity index is 3.45. The summed E-state index contributed by atoms with van der Waals surface area (Å²) in [5.74, 6) is 3.59. The molecule has 0 aromatic heterocycles. The minimum absolute atomic E-state index is 0.337. The maximum Gasteiger partial charge on any atom is 0.323 e. The predicted octanol–water partition coefficient (Wildman–Crippen LogP) is 0.633. The van der Waals surface area contributed by atoms with Gasteiger partial charge in [-0.25, -0.2) is 0 Å². The Hall–Kier alpha value is -0.660. The Bertz CT molecular complexity index is 189. The number of thioether (sulfide) groups is 1. The first-order valence-corrected chi connectivity index (χ1v) is 5.31. The van der Waals surface area contributed by atoms with E-state index in [-0.39, 0.29) is 5.97 Å². The minimum atomic E-state index is -0.525. The van der Waals surface area contributed by atoms with Crippen LogP contribution in [-0.4, -0.2) is 30.1 Å². The van der Waals surface area contributed by atoms with E-state index in [1.165, 1.54) is 0 Å². The van der Waals surface area contributed by atoms with Gasteiger partial charge in [-0.15, -0.1) is 12.3 Å². The molecule has 2 N–H and O–H groups in total. The lowest BCUT2D eigenvalue weighted by molar-refractivity contribution is -0.144. The first kappa shape index (κ1) is 12.3. The lowest BCUT2D eigenvalue weighted by Crippen LogP contribution is -2.34. The van der Waals surface area contributed by atoms with Crippen molar-refractivity contribution in [2.24, 2.45) is 5.73 Å². The first-order chi connectivity index (χ1) is 6.22. The first-order valence-electron chi connectivity index (χ1n) is 4.15. The number of carbonyl (C=O) groups excluding carboxylic acids is 1. The van der Waals surface area contributed by atoms with Crippen molar-refractivity contribution in [2.75, 3.05) is 18.1 Å². The minimum Gasteiger partial charge on any atom is -0.465 e. The molecule has 0 saturated heterocycles. The van der Waals surface area contributed by atoms with Crippen molar-refractivity contribution >= 4 is 17.7 Å². The summed E-state index contributed by atoms with van der Waals surface area (Å²) in [7, 11) is 0. The average molecular weight is 201 g/mol. The standard InChI is InChI=1S/C9H15NO2S/c1-3-5-6-13-7-8(10)9(11)12-4-2/h1,8H,4-7,10H2,2H3. The molecule has 0 aromatic rings. The van der Waals surface area contributed by atoms with Crippen molar-refractivity contribution in [3.8, 4) is 12.3 Å². The van der Waals surface area contributed by atoms with Crippen LogP contribution in [0.2, 0.25) is 0 Å². The van der Waals surface area contributed by atoms with Gasteiger partial charge in [0.05, 0.1) is 6.61 Å². The van der Waals surface area contributed by atoms with Gasteiger partial charge in [0, 0.05) is 17.9 Å². The highest BCUT2D eigenvalue weighted by Crippen LogP contribution is 2.04. The molecule has 0 heterocycles. The van der Waals surface area contributed by atoms with Crippen molar-refractivity contribution in [1.29, 1.82) is 0 Å². The fourth-order valence-electron chi connectivity index (χ4n) is 0.659. The van der Waals surface area contributed by atoms with E-state index in [0.717, 1.165) is 5.75 Å². The van der Waals surface area contributed by atoms with Gasteiger partial charge in [0.1, 0.15) is 6.04 Å². The van der Waals surface area contributed by atoms with Gasteiger partial charge < -0.3 is 10.5 Å². The van der Waals surface area contributed by atoms with Gasteiger partial charge in [0.2, 0.25) is 0 Å². The highest BCUT2D eigenvalue weighted by Gasteiger charge is 2.13. The molecule has 13 heavy (non-hydrogen) atoms. The summed E-state index contributed by atoms with van der Waals surface area (Å²) < 4.78 is 4.74. The number of esters is 1. The summed E-state index contributed by atoms with van der Waals surface area (Å²) in [5.41, 5.74) is 5.54. The summed E-state index contributed by atoms with van der Waals surface area (Å²) in [6.45, 7) is 2.14. The molecular formula is C9H15NO2S. The van der Waals surface area contributed by atoms with Crippen molar-refractivity contribution < 1.29 is 9.53 Å². The van der Waals surface area contributed by atoms with Crippen LogP contribution < -0.4 is 5.73 Å². The van der Waals surface area contributed by atoms with E-state index in [9.17, 15) is 4.79 Å². The predicted molar refractivity (Wildman–Crippen MR) is 55.4 cm³/mol. The Morgan fingerprint density at radius 1 is 1.77 bits per heavy atom. The molecule has 1 unspecified atom stereocenters. The lowest BCUT2D eigenvalue weighted by Gasteiger charge is -2.08. The molecule has 1 atom stereocenters. The molecule has 0 aliphatic carbocycles. The summed E-state index contributed by atoms with van der Waals surface area (Å²) >= 11 is 1.57. The van der Waals surface area contributed by atoms with E-state index >= 15 is 0 Å². The molecule has 0 radical (unpaired) electrons. The third-order valence-corrected chi connectivity index (χ3v) is 2.37. The van der Waals surface area contributed by atoms with Gasteiger partial charge >= 0.3 is 5.97 Å². The number of hydrogen-bond acceptors (Lipinski definition) is 4. The van der Waals surface area contributed by atoms with E-state index in [2.05, 4.69) is 5.92 Å². The molecule has 3 nitrogen and oxygen atoms in total. The van der Waals surface area contributed by atoms with Crippen LogP contribution in [0.4, 0.5) is 0 Å². The zero-order chi connectivity index (χ0) is 10.1. The second-order valence-corrected chi connectivity index (χ2v) is 3.54. The van der Waals surface area contributed by atoms with E-state index in [1.54, 1.807) is 18.7 Å². The van der Waals surface area contributed by atoms with Crippen molar-refractivity contribution in [3.05, 3.63) is 0 Å². The molecule has 0 amide bonds. The Kier molecular flexibility index (Phi) is 7.56. The Labute approximate surface area is 83.4 Å². The molecule has 0 fully saturated rings. The van der Waals surface area contributed by atoms with E-state index in [4.69, 9.17) is 16.9 Å². The third-order valence-electron chi connectivity index (χ3n) is 1.28. The van der Waals surface area contributed by atoms with Crippen LogP contribution in [0.5, 0.6) is 0 Å². The average Bonchev–Trinajstić information content (AvgIpc) is 2.12. The third kappa shape index (κ3) is 6.50. The molecule has 0 rings (SSSR count). The number of nitrogens with two attached hydrogens (primary N) is 1. The maximum atomic E-state index is 11.0. The molecule has 0 spiro atoms. The Morgan fingerprint density at radius 3 is 3.00 bits per heavy atom. The highest BCUT2D eigenvalue weighted by atomic mass is 32.2. The summed E-state index contributed by atoms with van der Waals surface area (Å²) in [5, 5.41) is 0. The van der Waals surface area contributed by atoms with Crippen LogP contribution in [-0.2, 0) is 9.53 Å². The lowest BCUT2D eigenvalue weighted by atomic mass is 10.4. The van der Waals surface area contributed by atoms with Gasteiger partial charge in [0.15, 0.2) is 0 Å². The van der Waals surface area contributed by atoms with Crippen molar-refractivity contribution in [2.45, 2.75) is 19.4 Å². The van der Waals surface area contributed by atoms with E-state index < -0.39 is 6.04 Å². The van der Waals surface area contributed by atoms with Crippen molar-refractivity contribution in [3.63, 3.8) is 0 Å². The number of terminal acetylenes is 1. The number of rotatable bonds is 6.